The first-order chi connectivity index (χ1) is 7.77. The molecule has 1 aromatic rings. The number of rotatable bonds is 1. The third-order valence-corrected chi connectivity index (χ3v) is 4.01. The molecule has 1 unspecified atom stereocenters. The normalized spacial score (nSPS) is 25.9. The van der Waals surface area contributed by atoms with Gasteiger partial charge in [0.2, 0.25) is 0 Å². The van der Waals surface area contributed by atoms with E-state index in [4.69, 9.17) is 0 Å². The fraction of sp³-hybridized carbons (Fsp3) is 0.467. The van der Waals surface area contributed by atoms with E-state index in [9.17, 15) is 0 Å². The Morgan fingerprint density at radius 3 is 2.69 bits per heavy atom. The zero-order valence-corrected chi connectivity index (χ0v) is 11.2. The first-order valence-corrected chi connectivity index (χ1v) is 6.89. The first kappa shape index (κ1) is 11.7. The maximum absolute atomic E-state index is 3.70. The van der Waals surface area contributed by atoms with Crippen LogP contribution in [0.2, 0.25) is 0 Å². The summed E-state index contributed by atoms with van der Waals surface area (Å²) in [7, 11) is 0. The van der Waals surface area contributed by atoms with Crippen LogP contribution in [0.3, 0.4) is 0 Å². The quantitative estimate of drug-likeness (QED) is 0.532. The van der Waals surface area contributed by atoms with E-state index in [-0.39, 0.29) is 0 Å². The summed E-state index contributed by atoms with van der Waals surface area (Å²) in [5, 5.41) is 0. The van der Waals surface area contributed by atoms with Gasteiger partial charge < -0.3 is 0 Å². The van der Waals surface area contributed by atoms with Crippen LogP contribution >= 0.6 is 15.9 Å². The highest BCUT2D eigenvalue weighted by molar-refractivity contribution is 9.09. The minimum absolute atomic E-state index is 0.578. The van der Waals surface area contributed by atoms with Crippen molar-refractivity contribution in [1.82, 2.24) is 0 Å². The van der Waals surface area contributed by atoms with Crippen LogP contribution < -0.4 is 0 Å². The third kappa shape index (κ3) is 2.89. The van der Waals surface area contributed by atoms with E-state index in [1.54, 1.807) is 0 Å². The molecule has 1 aliphatic carbocycles. The van der Waals surface area contributed by atoms with Crippen molar-refractivity contribution >= 4 is 15.9 Å². The van der Waals surface area contributed by atoms with Gasteiger partial charge in [0.15, 0.2) is 0 Å². The molecule has 0 nitrogen and oxygen atoms in total. The lowest BCUT2D eigenvalue weighted by Gasteiger charge is -2.16. The molecule has 0 N–H and O–H groups in total. The van der Waals surface area contributed by atoms with Crippen molar-refractivity contribution in [2.24, 2.45) is 11.8 Å². The smallest absolute Gasteiger partial charge is 0.0245 e. The van der Waals surface area contributed by atoms with Gasteiger partial charge in [0.25, 0.3) is 0 Å². The molecule has 16 heavy (non-hydrogen) atoms. The second kappa shape index (κ2) is 5.55. The number of halogens is 1. The summed E-state index contributed by atoms with van der Waals surface area (Å²) in [6.07, 6.45) is 3.91. The van der Waals surface area contributed by atoms with Crippen LogP contribution in [0.15, 0.2) is 30.3 Å². The van der Waals surface area contributed by atoms with Crippen molar-refractivity contribution in [1.29, 1.82) is 0 Å². The fourth-order valence-electron chi connectivity index (χ4n) is 2.42. The second-order valence-corrected chi connectivity index (χ2v) is 5.96. The lowest BCUT2D eigenvalue weighted by atomic mass is 9.94. The van der Waals surface area contributed by atoms with E-state index in [1.807, 2.05) is 18.2 Å². The molecule has 2 rings (SSSR count). The van der Waals surface area contributed by atoms with Crippen LogP contribution in [-0.4, -0.2) is 4.83 Å². The number of benzene rings is 1. The molecule has 0 aliphatic heterocycles. The Kier molecular flexibility index (Phi) is 4.07. The largest absolute Gasteiger partial charge is 0.0942 e. The van der Waals surface area contributed by atoms with Crippen LogP contribution in [0.1, 0.15) is 31.7 Å². The predicted octanol–water partition coefficient (Wildman–Crippen LogP) is 4.24. The van der Waals surface area contributed by atoms with Crippen LogP contribution in [0.4, 0.5) is 0 Å². The summed E-state index contributed by atoms with van der Waals surface area (Å²) in [6.45, 7) is 2.24. The van der Waals surface area contributed by atoms with Gasteiger partial charge in [-0.05, 0) is 30.9 Å². The summed E-state index contributed by atoms with van der Waals surface area (Å²) in [4.78, 5) is 0.588. The van der Waals surface area contributed by atoms with Crippen molar-refractivity contribution in [2.45, 2.75) is 31.0 Å². The molecule has 1 heteroatoms. The van der Waals surface area contributed by atoms with Crippen LogP contribution in [0.25, 0.3) is 0 Å². The minimum atomic E-state index is 0.578. The molecule has 1 saturated carbocycles. The maximum Gasteiger partial charge on any atom is 0.0245 e. The van der Waals surface area contributed by atoms with Gasteiger partial charge in [0.1, 0.15) is 0 Å². The van der Waals surface area contributed by atoms with Crippen molar-refractivity contribution in [3.05, 3.63) is 35.9 Å². The van der Waals surface area contributed by atoms with Gasteiger partial charge >= 0.3 is 0 Å². The highest BCUT2D eigenvalue weighted by atomic mass is 79.9. The summed E-state index contributed by atoms with van der Waals surface area (Å²) < 4.78 is 0. The molecular weight excluding hydrogens is 260 g/mol. The Labute approximate surface area is 107 Å². The van der Waals surface area contributed by atoms with Crippen LogP contribution in [0.5, 0.6) is 0 Å². The molecule has 0 radical (unpaired) electrons. The Bertz CT molecular complexity index is 383. The molecular formula is C15H17Br. The Morgan fingerprint density at radius 2 is 2.00 bits per heavy atom. The molecule has 0 saturated heterocycles. The predicted molar refractivity (Wildman–Crippen MR) is 72.5 cm³/mol. The lowest BCUT2D eigenvalue weighted by molar-refractivity contribution is 0.473. The van der Waals surface area contributed by atoms with E-state index < -0.39 is 0 Å². The highest BCUT2D eigenvalue weighted by Gasteiger charge is 2.28. The van der Waals surface area contributed by atoms with E-state index in [2.05, 4.69) is 46.8 Å². The molecule has 1 fully saturated rings. The van der Waals surface area contributed by atoms with Gasteiger partial charge in [-0.1, -0.05) is 59.3 Å². The van der Waals surface area contributed by atoms with Gasteiger partial charge in [-0.3, -0.25) is 0 Å². The van der Waals surface area contributed by atoms with Crippen LogP contribution in [-0.2, 0) is 0 Å². The van der Waals surface area contributed by atoms with Crippen molar-refractivity contribution in [2.75, 3.05) is 0 Å². The van der Waals surface area contributed by atoms with Gasteiger partial charge in [-0.25, -0.2) is 0 Å². The summed E-state index contributed by atoms with van der Waals surface area (Å²) in [6, 6.07) is 10.3. The third-order valence-electron chi connectivity index (χ3n) is 3.34. The van der Waals surface area contributed by atoms with Crippen molar-refractivity contribution in [3.8, 4) is 11.8 Å². The van der Waals surface area contributed by atoms with Gasteiger partial charge in [0, 0.05) is 16.3 Å². The topological polar surface area (TPSA) is 0 Å². The monoisotopic (exact) mass is 276 g/mol. The lowest BCUT2D eigenvalue weighted by Crippen LogP contribution is -2.14. The summed E-state index contributed by atoms with van der Waals surface area (Å²) in [5.41, 5.74) is 1.13. The molecule has 0 heterocycles. The fourth-order valence-corrected chi connectivity index (χ4v) is 3.05. The number of hydrogen-bond donors (Lipinski definition) is 0. The second-order valence-electron chi connectivity index (χ2n) is 4.51. The summed E-state index contributed by atoms with van der Waals surface area (Å²) >= 11 is 3.70. The Morgan fingerprint density at radius 1 is 1.25 bits per heavy atom. The van der Waals surface area contributed by atoms with Gasteiger partial charge in [-0.2, -0.15) is 0 Å². The summed E-state index contributed by atoms with van der Waals surface area (Å²) in [5.74, 6) is 8.06. The van der Waals surface area contributed by atoms with E-state index in [0.29, 0.717) is 10.7 Å². The van der Waals surface area contributed by atoms with E-state index in [0.717, 1.165) is 11.5 Å². The minimum Gasteiger partial charge on any atom is -0.0942 e. The zero-order chi connectivity index (χ0) is 11.4. The Hall–Kier alpha value is -0.740. The van der Waals surface area contributed by atoms with E-state index >= 15 is 0 Å². The van der Waals surface area contributed by atoms with Gasteiger partial charge in [-0.15, -0.1) is 0 Å². The highest BCUT2D eigenvalue weighted by Crippen LogP contribution is 2.36. The molecule has 0 amide bonds. The average molecular weight is 277 g/mol. The molecule has 0 bridgehead atoms. The number of hydrogen-bond acceptors (Lipinski definition) is 0. The zero-order valence-electron chi connectivity index (χ0n) is 9.62. The molecule has 1 aromatic carbocycles. The van der Waals surface area contributed by atoms with Crippen LogP contribution in [0, 0.1) is 23.7 Å². The van der Waals surface area contributed by atoms with E-state index in [1.165, 1.54) is 19.3 Å². The maximum atomic E-state index is 3.70. The first-order valence-electron chi connectivity index (χ1n) is 5.98. The molecule has 0 aromatic heterocycles. The standard InChI is InChI=1S/C15H17Br/c1-12(16)15-9-5-8-14(15)11-10-13-6-3-2-4-7-13/h2-4,6-7,12,14-15H,5,8-9H2,1H3/t12?,14-,15-/m0/s1. The molecule has 84 valence electrons. The molecule has 3 atom stereocenters. The SMILES string of the molecule is CC(Br)[C@@H]1CCC[C@H]1C#Cc1ccccc1. The molecule has 0 spiro atoms. The van der Waals surface area contributed by atoms with Crippen molar-refractivity contribution < 1.29 is 0 Å². The molecule has 1 aliphatic rings. The number of alkyl halides is 1. The van der Waals surface area contributed by atoms with Crippen molar-refractivity contribution in [3.63, 3.8) is 0 Å². The Balaban J connectivity index is 2.07. The van der Waals surface area contributed by atoms with Gasteiger partial charge in [0.05, 0.1) is 0 Å². The average Bonchev–Trinajstić information content (AvgIpc) is 2.76.